The number of likely N-dealkylation sites (tertiary alicyclic amines) is 1. The summed E-state index contributed by atoms with van der Waals surface area (Å²) in [5.74, 6) is 0.502. The standard InChI is InChI=1S/C17H22FNO2/c1-11-3-2-8-19(16(11)10-20)17(21)15-9-14(15)12-4-6-13(18)7-5-12/h4-7,11,14-16,20H,2-3,8-10H2,1H3. The minimum absolute atomic E-state index is 0.00908. The molecule has 2 aliphatic rings. The Kier molecular flexibility index (Phi) is 3.98. The van der Waals surface area contributed by atoms with Crippen LogP contribution in [-0.2, 0) is 4.79 Å². The zero-order chi connectivity index (χ0) is 15.0. The molecule has 1 saturated heterocycles. The van der Waals surface area contributed by atoms with Gasteiger partial charge in [-0.1, -0.05) is 19.1 Å². The monoisotopic (exact) mass is 291 g/mol. The van der Waals surface area contributed by atoms with E-state index in [1.807, 2.05) is 4.90 Å². The Hall–Kier alpha value is -1.42. The molecule has 1 aromatic carbocycles. The topological polar surface area (TPSA) is 40.5 Å². The predicted molar refractivity (Wildman–Crippen MR) is 78.2 cm³/mol. The number of benzene rings is 1. The quantitative estimate of drug-likeness (QED) is 0.929. The Morgan fingerprint density at radius 3 is 2.76 bits per heavy atom. The summed E-state index contributed by atoms with van der Waals surface area (Å²) in [6.45, 7) is 2.90. The summed E-state index contributed by atoms with van der Waals surface area (Å²) >= 11 is 0. The highest BCUT2D eigenvalue weighted by molar-refractivity contribution is 5.83. The number of hydrogen-bond acceptors (Lipinski definition) is 2. The van der Waals surface area contributed by atoms with Crippen LogP contribution in [0.4, 0.5) is 4.39 Å². The van der Waals surface area contributed by atoms with Gasteiger partial charge >= 0.3 is 0 Å². The second-order valence-electron chi connectivity index (χ2n) is 6.40. The second kappa shape index (κ2) is 5.76. The molecule has 114 valence electrons. The number of aliphatic hydroxyl groups excluding tert-OH is 1. The third-order valence-electron chi connectivity index (χ3n) is 4.99. The first-order chi connectivity index (χ1) is 10.1. The van der Waals surface area contributed by atoms with Gasteiger partial charge in [0.15, 0.2) is 0 Å². The Morgan fingerprint density at radius 2 is 2.10 bits per heavy atom. The number of hydrogen-bond donors (Lipinski definition) is 1. The molecule has 2 fully saturated rings. The van der Waals surface area contributed by atoms with E-state index in [1.54, 1.807) is 12.1 Å². The van der Waals surface area contributed by atoms with Crippen LogP contribution >= 0.6 is 0 Å². The summed E-state index contributed by atoms with van der Waals surface area (Å²) in [6.07, 6.45) is 2.92. The lowest BCUT2D eigenvalue weighted by Crippen LogP contribution is -2.50. The zero-order valence-corrected chi connectivity index (χ0v) is 12.3. The van der Waals surface area contributed by atoms with Crippen LogP contribution in [0, 0.1) is 17.7 Å². The smallest absolute Gasteiger partial charge is 0.226 e. The Balaban J connectivity index is 1.68. The number of nitrogens with zero attached hydrogens (tertiary/aromatic N) is 1. The van der Waals surface area contributed by atoms with E-state index in [4.69, 9.17) is 0 Å². The van der Waals surface area contributed by atoms with Crippen LogP contribution in [0.2, 0.25) is 0 Å². The normalized spacial score (nSPS) is 32.0. The maximum absolute atomic E-state index is 13.0. The average molecular weight is 291 g/mol. The van der Waals surface area contributed by atoms with Gasteiger partial charge in [0.1, 0.15) is 5.82 Å². The van der Waals surface area contributed by atoms with Crippen LogP contribution in [-0.4, -0.2) is 35.1 Å². The van der Waals surface area contributed by atoms with Gasteiger partial charge in [0, 0.05) is 12.5 Å². The van der Waals surface area contributed by atoms with E-state index in [0.717, 1.165) is 31.4 Å². The van der Waals surface area contributed by atoms with Crippen molar-refractivity contribution < 1.29 is 14.3 Å². The minimum atomic E-state index is -0.243. The summed E-state index contributed by atoms with van der Waals surface area (Å²) in [4.78, 5) is 14.5. The fourth-order valence-electron chi connectivity index (χ4n) is 3.56. The molecule has 21 heavy (non-hydrogen) atoms. The summed E-state index contributed by atoms with van der Waals surface area (Å²) in [5, 5.41) is 9.56. The highest BCUT2D eigenvalue weighted by atomic mass is 19.1. The largest absolute Gasteiger partial charge is 0.394 e. The Bertz CT molecular complexity index is 516. The van der Waals surface area contributed by atoms with Gasteiger partial charge in [-0.25, -0.2) is 4.39 Å². The molecular weight excluding hydrogens is 269 g/mol. The van der Waals surface area contributed by atoms with Gasteiger partial charge in [0.25, 0.3) is 0 Å². The van der Waals surface area contributed by atoms with Crippen molar-refractivity contribution in [3.63, 3.8) is 0 Å². The summed E-state index contributed by atoms with van der Waals surface area (Å²) in [6, 6.07) is 6.41. The van der Waals surface area contributed by atoms with Crippen LogP contribution < -0.4 is 0 Å². The lowest BCUT2D eigenvalue weighted by atomic mass is 9.91. The van der Waals surface area contributed by atoms with Crippen LogP contribution in [0.15, 0.2) is 24.3 Å². The molecule has 1 aromatic rings. The van der Waals surface area contributed by atoms with Crippen molar-refractivity contribution in [2.45, 2.75) is 38.1 Å². The maximum atomic E-state index is 13.0. The highest BCUT2D eigenvalue weighted by Crippen LogP contribution is 2.49. The molecule has 0 bridgehead atoms. The van der Waals surface area contributed by atoms with Crippen molar-refractivity contribution in [2.24, 2.45) is 11.8 Å². The van der Waals surface area contributed by atoms with Crippen LogP contribution in [0.1, 0.15) is 37.7 Å². The summed E-state index contributed by atoms with van der Waals surface area (Å²) in [5.41, 5.74) is 1.04. The van der Waals surface area contributed by atoms with E-state index >= 15 is 0 Å². The molecule has 1 amide bonds. The van der Waals surface area contributed by atoms with Crippen molar-refractivity contribution in [2.75, 3.05) is 13.2 Å². The summed E-state index contributed by atoms with van der Waals surface area (Å²) < 4.78 is 13.0. The predicted octanol–water partition coefficient (Wildman–Crippen LogP) is 2.55. The van der Waals surface area contributed by atoms with Gasteiger partial charge in [-0.05, 0) is 48.8 Å². The molecule has 1 saturated carbocycles. The van der Waals surface area contributed by atoms with Gasteiger partial charge in [-0.15, -0.1) is 0 Å². The molecule has 3 rings (SSSR count). The number of halogens is 1. The van der Waals surface area contributed by atoms with Gasteiger partial charge in [0.05, 0.1) is 12.6 Å². The van der Waals surface area contributed by atoms with Crippen molar-refractivity contribution in [1.82, 2.24) is 4.90 Å². The van der Waals surface area contributed by atoms with Gasteiger partial charge < -0.3 is 10.0 Å². The molecule has 0 spiro atoms. The van der Waals surface area contributed by atoms with E-state index in [0.29, 0.717) is 5.92 Å². The first kappa shape index (κ1) is 14.5. The van der Waals surface area contributed by atoms with Crippen molar-refractivity contribution in [1.29, 1.82) is 0 Å². The molecule has 1 aliphatic carbocycles. The van der Waals surface area contributed by atoms with E-state index in [1.165, 1.54) is 12.1 Å². The van der Waals surface area contributed by atoms with E-state index < -0.39 is 0 Å². The lowest BCUT2D eigenvalue weighted by molar-refractivity contribution is -0.139. The summed E-state index contributed by atoms with van der Waals surface area (Å²) in [7, 11) is 0. The molecule has 1 aliphatic heterocycles. The minimum Gasteiger partial charge on any atom is -0.394 e. The number of piperidine rings is 1. The highest BCUT2D eigenvalue weighted by Gasteiger charge is 2.47. The molecule has 4 heteroatoms. The number of amides is 1. The molecule has 1 heterocycles. The first-order valence-corrected chi connectivity index (χ1v) is 7.78. The first-order valence-electron chi connectivity index (χ1n) is 7.78. The lowest BCUT2D eigenvalue weighted by Gasteiger charge is -2.39. The van der Waals surface area contributed by atoms with E-state index in [2.05, 4.69) is 6.92 Å². The third-order valence-corrected chi connectivity index (χ3v) is 4.99. The zero-order valence-electron chi connectivity index (χ0n) is 12.3. The molecule has 3 nitrogen and oxygen atoms in total. The number of carbonyl (C=O) groups is 1. The van der Waals surface area contributed by atoms with Crippen LogP contribution in [0.25, 0.3) is 0 Å². The van der Waals surface area contributed by atoms with Gasteiger partial charge in [-0.3, -0.25) is 4.79 Å². The second-order valence-corrected chi connectivity index (χ2v) is 6.40. The fourth-order valence-corrected chi connectivity index (χ4v) is 3.56. The average Bonchev–Trinajstić information content (AvgIpc) is 3.27. The van der Waals surface area contributed by atoms with Crippen molar-refractivity contribution in [3.05, 3.63) is 35.6 Å². The molecule has 1 N–H and O–H groups in total. The SMILES string of the molecule is CC1CCCN(C(=O)C2CC2c2ccc(F)cc2)C1CO. The Morgan fingerprint density at radius 1 is 1.38 bits per heavy atom. The fraction of sp³-hybridized carbons (Fsp3) is 0.588. The van der Waals surface area contributed by atoms with Crippen LogP contribution in [0.5, 0.6) is 0 Å². The van der Waals surface area contributed by atoms with Crippen LogP contribution in [0.3, 0.4) is 0 Å². The number of rotatable bonds is 3. The number of carbonyl (C=O) groups excluding carboxylic acids is 1. The number of aliphatic hydroxyl groups is 1. The van der Waals surface area contributed by atoms with Gasteiger partial charge in [-0.2, -0.15) is 0 Å². The molecule has 0 radical (unpaired) electrons. The molecule has 4 unspecified atom stereocenters. The van der Waals surface area contributed by atoms with E-state index in [-0.39, 0.29) is 36.2 Å². The third kappa shape index (κ3) is 2.82. The Labute approximate surface area is 124 Å². The van der Waals surface area contributed by atoms with E-state index in [9.17, 15) is 14.3 Å². The van der Waals surface area contributed by atoms with Crippen molar-refractivity contribution in [3.8, 4) is 0 Å². The molecular formula is C17H22FNO2. The maximum Gasteiger partial charge on any atom is 0.226 e. The molecule has 4 atom stereocenters. The van der Waals surface area contributed by atoms with Crippen molar-refractivity contribution >= 4 is 5.91 Å². The molecule has 0 aromatic heterocycles. The van der Waals surface area contributed by atoms with Gasteiger partial charge in [0.2, 0.25) is 5.91 Å².